The molecule has 1 atom stereocenters. The summed E-state index contributed by atoms with van der Waals surface area (Å²) in [4.78, 5) is -0.0837. The Labute approximate surface area is 129 Å². The highest BCUT2D eigenvalue weighted by molar-refractivity contribution is 9.09. The molecule has 2 aromatic rings. The maximum atomic E-state index is 13.2. The van der Waals surface area contributed by atoms with E-state index in [2.05, 4.69) is 15.9 Å². The van der Waals surface area contributed by atoms with Gasteiger partial charge in [-0.3, -0.25) is 0 Å². The van der Waals surface area contributed by atoms with E-state index in [0.717, 1.165) is 11.6 Å². The number of methoxy groups -OCH3 is 1. The summed E-state index contributed by atoms with van der Waals surface area (Å²) in [5.74, 6) is -1.03. The molecule has 5 heteroatoms. The van der Waals surface area contributed by atoms with E-state index in [-0.39, 0.29) is 4.83 Å². The number of rotatable bonds is 4. The summed E-state index contributed by atoms with van der Waals surface area (Å²) in [5, 5.41) is 0.582. The van der Waals surface area contributed by atoms with Crippen molar-refractivity contribution in [3.63, 3.8) is 0 Å². The van der Waals surface area contributed by atoms with Crippen molar-refractivity contribution < 1.29 is 13.5 Å². The minimum Gasteiger partial charge on any atom is -0.496 e. The second-order valence-corrected chi connectivity index (χ2v) is 5.85. The van der Waals surface area contributed by atoms with Crippen LogP contribution in [0, 0.1) is 11.6 Å². The third kappa shape index (κ3) is 3.49. The van der Waals surface area contributed by atoms with Gasteiger partial charge in [-0.2, -0.15) is 0 Å². The van der Waals surface area contributed by atoms with Gasteiger partial charge in [-0.1, -0.05) is 39.7 Å². The van der Waals surface area contributed by atoms with Crippen LogP contribution in [-0.2, 0) is 6.42 Å². The van der Waals surface area contributed by atoms with Crippen LogP contribution in [0.15, 0.2) is 36.4 Å². The predicted octanol–water partition coefficient (Wildman–Crippen LogP) is 5.31. The maximum Gasteiger partial charge on any atom is 0.159 e. The molecule has 0 saturated carbocycles. The van der Waals surface area contributed by atoms with E-state index in [4.69, 9.17) is 16.3 Å². The van der Waals surface area contributed by atoms with Gasteiger partial charge in [-0.15, -0.1) is 0 Å². The van der Waals surface area contributed by atoms with Gasteiger partial charge in [0.05, 0.1) is 7.11 Å². The topological polar surface area (TPSA) is 9.23 Å². The Hall–Kier alpha value is -1.13. The van der Waals surface area contributed by atoms with Gasteiger partial charge in [0.1, 0.15) is 5.75 Å². The maximum absolute atomic E-state index is 13.2. The minimum absolute atomic E-state index is 0.0837. The second kappa shape index (κ2) is 6.55. The lowest BCUT2D eigenvalue weighted by atomic mass is 10.0. The Bertz CT molecular complexity index is 619. The Morgan fingerprint density at radius 3 is 2.55 bits per heavy atom. The van der Waals surface area contributed by atoms with Gasteiger partial charge in [0.25, 0.3) is 0 Å². The van der Waals surface area contributed by atoms with E-state index < -0.39 is 11.6 Å². The van der Waals surface area contributed by atoms with Crippen LogP contribution in [0.25, 0.3) is 0 Å². The third-order valence-electron chi connectivity index (χ3n) is 2.93. The molecule has 0 aliphatic carbocycles. The molecule has 0 aromatic heterocycles. The highest BCUT2D eigenvalue weighted by atomic mass is 79.9. The number of halogens is 4. The zero-order valence-corrected chi connectivity index (χ0v) is 13.0. The lowest BCUT2D eigenvalue weighted by Crippen LogP contribution is -2.00. The smallest absolute Gasteiger partial charge is 0.159 e. The molecule has 2 rings (SSSR count). The van der Waals surface area contributed by atoms with E-state index in [1.165, 1.54) is 6.07 Å². The number of alkyl halides is 1. The average molecular weight is 362 g/mol. The summed E-state index contributed by atoms with van der Waals surface area (Å²) < 4.78 is 31.4. The molecule has 0 radical (unpaired) electrons. The van der Waals surface area contributed by atoms with Crippen molar-refractivity contribution >= 4 is 27.5 Å². The number of benzene rings is 2. The highest BCUT2D eigenvalue weighted by Gasteiger charge is 2.15. The van der Waals surface area contributed by atoms with Crippen molar-refractivity contribution in [3.05, 3.63) is 64.2 Å². The van der Waals surface area contributed by atoms with Crippen LogP contribution in [0.2, 0.25) is 5.02 Å². The van der Waals surface area contributed by atoms with Crippen molar-refractivity contribution in [2.75, 3.05) is 7.11 Å². The van der Waals surface area contributed by atoms with Gasteiger partial charge in [0, 0.05) is 15.4 Å². The molecule has 1 nitrogen and oxygen atoms in total. The molecule has 2 aromatic carbocycles. The van der Waals surface area contributed by atoms with Crippen LogP contribution in [0.1, 0.15) is 16.0 Å². The first-order valence-electron chi connectivity index (χ1n) is 5.92. The van der Waals surface area contributed by atoms with Gasteiger partial charge in [0.2, 0.25) is 0 Å². The fourth-order valence-electron chi connectivity index (χ4n) is 1.93. The minimum atomic E-state index is -0.844. The zero-order valence-electron chi connectivity index (χ0n) is 10.7. The van der Waals surface area contributed by atoms with Gasteiger partial charge < -0.3 is 4.74 Å². The molecule has 0 saturated heterocycles. The van der Waals surface area contributed by atoms with E-state index in [0.29, 0.717) is 22.8 Å². The van der Waals surface area contributed by atoms with Crippen LogP contribution in [-0.4, -0.2) is 7.11 Å². The summed E-state index contributed by atoms with van der Waals surface area (Å²) in [6.45, 7) is 0. The van der Waals surface area contributed by atoms with Gasteiger partial charge in [-0.25, -0.2) is 8.78 Å². The Morgan fingerprint density at radius 2 is 1.90 bits per heavy atom. The Kier molecular flexibility index (Phi) is 5.00. The summed E-state index contributed by atoms with van der Waals surface area (Å²) in [6, 6.07) is 9.22. The molecule has 0 heterocycles. The fourth-order valence-corrected chi connectivity index (χ4v) is 2.84. The lowest BCUT2D eigenvalue weighted by molar-refractivity contribution is 0.409. The molecule has 0 fully saturated rings. The van der Waals surface area contributed by atoms with Crippen molar-refractivity contribution in [2.45, 2.75) is 11.2 Å². The van der Waals surface area contributed by atoms with Crippen molar-refractivity contribution in [1.82, 2.24) is 0 Å². The highest BCUT2D eigenvalue weighted by Crippen LogP contribution is 2.35. The van der Waals surface area contributed by atoms with Gasteiger partial charge in [-0.05, 0) is 36.2 Å². The molecular formula is C15H12BrClF2O. The van der Waals surface area contributed by atoms with Crippen LogP contribution in [0.5, 0.6) is 5.75 Å². The van der Waals surface area contributed by atoms with E-state index in [1.54, 1.807) is 25.3 Å². The van der Waals surface area contributed by atoms with Crippen LogP contribution < -0.4 is 4.74 Å². The molecular weight excluding hydrogens is 350 g/mol. The molecule has 1 unspecified atom stereocenters. The van der Waals surface area contributed by atoms with Crippen molar-refractivity contribution in [3.8, 4) is 5.75 Å². The van der Waals surface area contributed by atoms with Crippen LogP contribution in [0.3, 0.4) is 0 Å². The molecule has 0 spiro atoms. The monoisotopic (exact) mass is 360 g/mol. The van der Waals surface area contributed by atoms with E-state index >= 15 is 0 Å². The molecule has 0 N–H and O–H groups in total. The number of ether oxygens (including phenoxy) is 1. The Balaban J connectivity index is 2.23. The second-order valence-electron chi connectivity index (χ2n) is 4.31. The van der Waals surface area contributed by atoms with Gasteiger partial charge >= 0.3 is 0 Å². The molecule has 20 heavy (non-hydrogen) atoms. The number of hydrogen-bond acceptors (Lipinski definition) is 1. The van der Waals surface area contributed by atoms with Crippen molar-refractivity contribution in [2.24, 2.45) is 0 Å². The van der Waals surface area contributed by atoms with Gasteiger partial charge in [0.15, 0.2) is 11.6 Å². The molecule has 0 aliphatic rings. The zero-order chi connectivity index (χ0) is 14.7. The molecule has 0 aliphatic heterocycles. The molecule has 0 amide bonds. The van der Waals surface area contributed by atoms with E-state index in [1.807, 2.05) is 6.07 Å². The van der Waals surface area contributed by atoms with E-state index in [9.17, 15) is 8.78 Å². The quantitative estimate of drug-likeness (QED) is 0.671. The summed E-state index contributed by atoms with van der Waals surface area (Å²) in [6.07, 6.45) is 0.509. The molecule has 0 bridgehead atoms. The average Bonchev–Trinajstić information content (AvgIpc) is 2.42. The predicted molar refractivity (Wildman–Crippen MR) is 79.7 cm³/mol. The standard InChI is InChI=1S/C15H12BrClF2O/c1-20-15-8-10(17)3-4-11(15)12(16)6-9-2-5-13(18)14(19)7-9/h2-5,7-8,12H,6H2,1H3. The largest absolute Gasteiger partial charge is 0.496 e. The van der Waals surface area contributed by atoms with Crippen molar-refractivity contribution in [1.29, 1.82) is 0 Å². The molecule has 106 valence electrons. The first kappa shape index (κ1) is 15.3. The lowest BCUT2D eigenvalue weighted by Gasteiger charge is -2.15. The third-order valence-corrected chi connectivity index (χ3v) is 3.98. The summed E-state index contributed by atoms with van der Waals surface area (Å²) in [5.41, 5.74) is 1.60. The normalized spacial score (nSPS) is 12.2. The first-order chi connectivity index (χ1) is 9.51. The Morgan fingerprint density at radius 1 is 1.15 bits per heavy atom. The summed E-state index contributed by atoms with van der Waals surface area (Å²) >= 11 is 9.45. The van der Waals surface area contributed by atoms with Crippen LogP contribution in [0.4, 0.5) is 8.78 Å². The summed E-state index contributed by atoms with van der Waals surface area (Å²) in [7, 11) is 1.56. The van der Waals surface area contributed by atoms with Crippen LogP contribution >= 0.6 is 27.5 Å². The fraction of sp³-hybridized carbons (Fsp3) is 0.200. The first-order valence-corrected chi connectivity index (χ1v) is 7.22. The SMILES string of the molecule is COc1cc(Cl)ccc1C(Br)Cc1ccc(F)c(F)c1. The number of hydrogen-bond donors (Lipinski definition) is 0.